The van der Waals surface area contributed by atoms with Crippen LogP contribution in [-0.4, -0.2) is 34.0 Å². The summed E-state index contributed by atoms with van der Waals surface area (Å²) in [7, 11) is 3.63. The zero-order valence-electron chi connectivity index (χ0n) is 15.3. The summed E-state index contributed by atoms with van der Waals surface area (Å²) in [5.74, 6) is 0.950. The number of carbonyl (C=O) groups excluding carboxylic acids is 1. The van der Waals surface area contributed by atoms with Gasteiger partial charge >= 0.3 is 0 Å². The van der Waals surface area contributed by atoms with Gasteiger partial charge in [0.2, 0.25) is 0 Å². The number of fused-ring (bicyclic) bond motifs is 1. The summed E-state index contributed by atoms with van der Waals surface area (Å²) in [5, 5.41) is 3.84. The zero-order valence-corrected chi connectivity index (χ0v) is 16.1. The predicted molar refractivity (Wildman–Crippen MR) is 105 cm³/mol. The summed E-state index contributed by atoms with van der Waals surface area (Å²) in [4.78, 5) is 25.8. The maximum atomic E-state index is 12.1. The van der Waals surface area contributed by atoms with Gasteiger partial charge in [-0.15, -0.1) is 11.3 Å². The highest BCUT2D eigenvalue weighted by Crippen LogP contribution is 2.38. The number of nitrogens with zero attached hydrogens (tertiary/aromatic N) is 4. The van der Waals surface area contributed by atoms with Crippen molar-refractivity contribution in [2.24, 2.45) is 7.05 Å². The number of aromatic nitrogens is 3. The van der Waals surface area contributed by atoms with Crippen LogP contribution in [0.4, 0.5) is 5.82 Å². The minimum absolute atomic E-state index is 0.0565. The van der Waals surface area contributed by atoms with Gasteiger partial charge in [0, 0.05) is 31.2 Å². The van der Waals surface area contributed by atoms with Gasteiger partial charge in [-0.1, -0.05) is 0 Å². The molecule has 0 spiro atoms. The first-order valence-electron chi connectivity index (χ1n) is 8.95. The molecule has 0 bridgehead atoms. The normalized spacial score (nSPS) is 17.7. The lowest BCUT2D eigenvalue weighted by Crippen LogP contribution is -2.35. The second-order valence-corrected chi connectivity index (χ2v) is 7.99. The molecule has 1 atom stereocenters. The number of nitrogens with one attached hydrogen (secondary N) is 1. The minimum atomic E-state index is -0.0565. The summed E-state index contributed by atoms with van der Waals surface area (Å²) < 4.78 is 2.01. The van der Waals surface area contributed by atoms with Crippen LogP contribution in [0.25, 0.3) is 10.2 Å². The van der Waals surface area contributed by atoms with Crippen molar-refractivity contribution in [3.8, 4) is 0 Å². The molecule has 1 aliphatic heterocycles. The van der Waals surface area contributed by atoms with Crippen LogP contribution in [0.5, 0.6) is 0 Å². The number of thiophene rings is 1. The molecule has 3 aromatic heterocycles. The van der Waals surface area contributed by atoms with Crippen LogP contribution in [-0.2, 0) is 7.05 Å². The molecule has 4 rings (SSSR count). The van der Waals surface area contributed by atoms with Crippen molar-refractivity contribution in [2.45, 2.75) is 32.2 Å². The Bertz CT molecular complexity index is 960. The Morgan fingerprint density at radius 2 is 2.15 bits per heavy atom. The van der Waals surface area contributed by atoms with Gasteiger partial charge in [-0.2, -0.15) is 0 Å². The SMILES string of the molecule is CNC(=O)c1ccc(C2CCCCN2c2ncnc3sc(C)cc23)n1C. The molecule has 1 aliphatic rings. The average molecular weight is 369 g/mol. The summed E-state index contributed by atoms with van der Waals surface area (Å²) in [6.45, 7) is 3.07. The predicted octanol–water partition coefficient (Wildman–Crippen LogP) is 3.43. The Labute approximate surface area is 156 Å². The molecule has 1 saturated heterocycles. The third-order valence-corrected chi connectivity index (χ3v) is 6.13. The van der Waals surface area contributed by atoms with Crippen LogP contribution < -0.4 is 10.2 Å². The first-order chi connectivity index (χ1) is 12.6. The Morgan fingerprint density at radius 3 is 2.96 bits per heavy atom. The number of aryl methyl sites for hydroxylation is 1. The van der Waals surface area contributed by atoms with Gasteiger partial charge in [0.15, 0.2) is 0 Å². The topological polar surface area (TPSA) is 63.1 Å². The highest BCUT2D eigenvalue weighted by atomic mass is 32.1. The molecule has 1 N–H and O–H groups in total. The average Bonchev–Trinajstić information content (AvgIpc) is 3.22. The van der Waals surface area contributed by atoms with Crippen molar-refractivity contribution in [3.63, 3.8) is 0 Å². The van der Waals surface area contributed by atoms with Crippen LogP contribution in [0.1, 0.15) is 46.4 Å². The summed E-state index contributed by atoms with van der Waals surface area (Å²) in [5.41, 5.74) is 1.84. The smallest absolute Gasteiger partial charge is 0.267 e. The quantitative estimate of drug-likeness (QED) is 0.768. The van der Waals surface area contributed by atoms with Crippen molar-refractivity contribution in [1.29, 1.82) is 0 Å². The fourth-order valence-electron chi connectivity index (χ4n) is 3.90. The first-order valence-corrected chi connectivity index (χ1v) is 9.77. The van der Waals surface area contributed by atoms with Gasteiger partial charge in [0.05, 0.1) is 11.4 Å². The first kappa shape index (κ1) is 17.0. The molecule has 0 aromatic carbocycles. The Balaban J connectivity index is 1.78. The van der Waals surface area contributed by atoms with Crippen LogP contribution >= 0.6 is 11.3 Å². The van der Waals surface area contributed by atoms with E-state index in [9.17, 15) is 4.79 Å². The molecule has 0 aliphatic carbocycles. The molecule has 4 heterocycles. The summed E-state index contributed by atoms with van der Waals surface area (Å²) in [6, 6.07) is 6.38. The standard InChI is InChI=1S/C19H23N5OS/c1-12-10-13-17(21-11-22-19(13)26-12)24-9-5-4-6-15(24)14-7-8-16(23(14)3)18(25)20-2/h7-8,10-11,15H,4-6,9H2,1-3H3,(H,20,25). The molecule has 1 fully saturated rings. The molecule has 136 valence electrons. The van der Waals surface area contributed by atoms with Gasteiger partial charge in [0.25, 0.3) is 5.91 Å². The lowest BCUT2D eigenvalue weighted by molar-refractivity contribution is 0.0954. The van der Waals surface area contributed by atoms with E-state index in [-0.39, 0.29) is 11.9 Å². The fourth-order valence-corrected chi connectivity index (χ4v) is 4.74. The van der Waals surface area contributed by atoms with E-state index in [0.29, 0.717) is 5.69 Å². The monoisotopic (exact) mass is 369 g/mol. The van der Waals surface area contributed by atoms with Crippen molar-refractivity contribution < 1.29 is 4.79 Å². The number of anilines is 1. The van der Waals surface area contributed by atoms with Gasteiger partial charge in [0.1, 0.15) is 22.7 Å². The summed E-state index contributed by atoms with van der Waals surface area (Å²) in [6.07, 6.45) is 5.05. The van der Waals surface area contributed by atoms with E-state index in [1.54, 1.807) is 24.7 Å². The molecule has 1 amide bonds. The third kappa shape index (κ3) is 2.76. The van der Waals surface area contributed by atoms with E-state index in [1.165, 1.54) is 11.3 Å². The van der Waals surface area contributed by atoms with Gasteiger partial charge in [-0.25, -0.2) is 9.97 Å². The van der Waals surface area contributed by atoms with Gasteiger partial charge in [-0.05, 0) is 44.4 Å². The molecular formula is C19H23N5OS. The highest BCUT2D eigenvalue weighted by Gasteiger charge is 2.29. The molecule has 26 heavy (non-hydrogen) atoms. The van der Waals surface area contributed by atoms with Crippen LogP contribution in [0.15, 0.2) is 24.5 Å². The van der Waals surface area contributed by atoms with E-state index in [2.05, 4.69) is 39.2 Å². The molecule has 7 heteroatoms. The van der Waals surface area contributed by atoms with Gasteiger partial charge < -0.3 is 14.8 Å². The van der Waals surface area contributed by atoms with Crippen molar-refractivity contribution in [2.75, 3.05) is 18.5 Å². The van der Waals surface area contributed by atoms with Gasteiger partial charge in [-0.3, -0.25) is 4.79 Å². The molecule has 3 aromatic rings. The molecule has 6 nitrogen and oxygen atoms in total. The Kier molecular flexibility index (Phi) is 4.40. The van der Waals surface area contributed by atoms with E-state index in [0.717, 1.165) is 41.1 Å². The maximum Gasteiger partial charge on any atom is 0.267 e. The molecule has 0 saturated carbocycles. The van der Waals surface area contributed by atoms with E-state index >= 15 is 0 Å². The molecule has 1 unspecified atom stereocenters. The number of hydrogen-bond acceptors (Lipinski definition) is 5. The second-order valence-electron chi connectivity index (χ2n) is 6.76. The van der Waals surface area contributed by atoms with Crippen molar-refractivity contribution in [1.82, 2.24) is 19.9 Å². The maximum absolute atomic E-state index is 12.1. The molecular weight excluding hydrogens is 346 g/mol. The fraction of sp³-hybridized carbons (Fsp3) is 0.421. The lowest BCUT2D eigenvalue weighted by atomic mass is 9.99. The summed E-state index contributed by atoms with van der Waals surface area (Å²) >= 11 is 1.71. The van der Waals surface area contributed by atoms with E-state index in [1.807, 2.05) is 17.7 Å². The van der Waals surface area contributed by atoms with E-state index in [4.69, 9.17) is 0 Å². The van der Waals surface area contributed by atoms with Crippen molar-refractivity contribution in [3.05, 3.63) is 40.8 Å². The Hall–Kier alpha value is -2.41. The zero-order chi connectivity index (χ0) is 18.3. The van der Waals surface area contributed by atoms with E-state index < -0.39 is 0 Å². The van der Waals surface area contributed by atoms with Crippen molar-refractivity contribution >= 4 is 33.3 Å². The minimum Gasteiger partial charge on any atom is -0.354 e. The highest BCUT2D eigenvalue weighted by molar-refractivity contribution is 7.18. The lowest BCUT2D eigenvalue weighted by Gasteiger charge is -2.37. The van der Waals surface area contributed by atoms with Crippen LogP contribution in [0, 0.1) is 6.92 Å². The number of rotatable bonds is 3. The molecule has 0 radical (unpaired) electrons. The van der Waals surface area contributed by atoms with Crippen LogP contribution in [0.2, 0.25) is 0 Å². The number of hydrogen-bond donors (Lipinski definition) is 1. The largest absolute Gasteiger partial charge is 0.354 e. The third-order valence-electron chi connectivity index (χ3n) is 5.17. The Morgan fingerprint density at radius 1 is 1.31 bits per heavy atom. The van der Waals surface area contributed by atoms with Crippen LogP contribution in [0.3, 0.4) is 0 Å². The number of piperidine rings is 1. The second kappa shape index (κ2) is 6.72. The number of carbonyl (C=O) groups is 1. The number of amides is 1.